The lowest BCUT2D eigenvalue weighted by atomic mass is 10.0. The fourth-order valence-electron chi connectivity index (χ4n) is 2.14. The van der Waals surface area contributed by atoms with Crippen molar-refractivity contribution in [2.45, 2.75) is 37.7 Å². The average molecular weight is 345 g/mol. The predicted molar refractivity (Wildman–Crippen MR) is 79.0 cm³/mol. The van der Waals surface area contributed by atoms with Gasteiger partial charge in [0.05, 0.1) is 17.4 Å². The molecular formula is C12H17BrN4O3. The molecule has 7 nitrogen and oxygen atoms in total. The van der Waals surface area contributed by atoms with Crippen LogP contribution in [0.15, 0.2) is 15.9 Å². The predicted octanol–water partition coefficient (Wildman–Crippen LogP) is 1.10. The van der Waals surface area contributed by atoms with Gasteiger partial charge in [-0.25, -0.2) is 9.78 Å². The van der Waals surface area contributed by atoms with E-state index in [1.54, 1.807) is 4.57 Å². The highest BCUT2D eigenvalue weighted by Gasteiger charge is 2.18. The van der Waals surface area contributed by atoms with Crippen molar-refractivity contribution in [1.29, 1.82) is 0 Å². The number of alkyl halides is 1. The number of imidazole rings is 1. The van der Waals surface area contributed by atoms with Crippen LogP contribution in [0.5, 0.6) is 0 Å². The van der Waals surface area contributed by atoms with Crippen molar-refractivity contribution in [2.75, 3.05) is 0 Å². The Morgan fingerprint density at radius 2 is 2.05 bits per heavy atom. The van der Waals surface area contributed by atoms with E-state index >= 15 is 0 Å². The van der Waals surface area contributed by atoms with Gasteiger partial charge in [0.2, 0.25) is 0 Å². The summed E-state index contributed by atoms with van der Waals surface area (Å²) in [5.41, 5.74) is -0.582. The fraction of sp³-hybridized carbons (Fsp3) is 0.583. The number of H-pyrrole nitrogens is 2. The number of nitrogens with one attached hydrogen (secondary N) is 2. The number of fused-ring (bicyclic) bond motifs is 1. The van der Waals surface area contributed by atoms with E-state index in [0.29, 0.717) is 24.4 Å². The molecule has 0 aliphatic heterocycles. The molecule has 0 saturated heterocycles. The highest BCUT2D eigenvalue weighted by Crippen LogP contribution is 2.25. The zero-order chi connectivity index (χ0) is 14.9. The van der Waals surface area contributed by atoms with Crippen LogP contribution in [0.4, 0.5) is 0 Å². The molecule has 0 amide bonds. The first-order chi connectivity index (χ1) is 9.38. The second-order valence-corrected chi connectivity index (χ2v) is 6.27. The van der Waals surface area contributed by atoms with Crippen molar-refractivity contribution in [3.63, 3.8) is 0 Å². The molecule has 2 rings (SSSR count). The lowest BCUT2D eigenvalue weighted by molar-refractivity contribution is 0.134. The van der Waals surface area contributed by atoms with Crippen LogP contribution < -0.4 is 11.2 Å². The topological polar surface area (TPSA) is 104 Å². The van der Waals surface area contributed by atoms with E-state index in [-0.39, 0.29) is 10.5 Å². The molecule has 0 saturated carbocycles. The minimum absolute atomic E-state index is 0.174. The van der Waals surface area contributed by atoms with Crippen molar-refractivity contribution < 1.29 is 5.11 Å². The van der Waals surface area contributed by atoms with Crippen molar-refractivity contribution >= 4 is 27.1 Å². The molecule has 110 valence electrons. The standard InChI is InChI=1S/C12H17BrN4O3/c1-6(2)3-7(18)4-8(13)17-5-14-9-10(17)15-12(20)16-11(9)19/h5-8,18H,3-4H2,1-2H3,(H2,15,16,19,20). The number of rotatable bonds is 5. The maximum Gasteiger partial charge on any atom is 0.327 e. The van der Waals surface area contributed by atoms with E-state index in [4.69, 9.17) is 0 Å². The molecule has 0 fully saturated rings. The van der Waals surface area contributed by atoms with Gasteiger partial charge in [-0.15, -0.1) is 0 Å². The zero-order valence-electron chi connectivity index (χ0n) is 11.3. The number of aliphatic hydroxyl groups excluding tert-OH is 1. The van der Waals surface area contributed by atoms with Gasteiger partial charge < -0.3 is 9.67 Å². The van der Waals surface area contributed by atoms with Gasteiger partial charge >= 0.3 is 5.69 Å². The van der Waals surface area contributed by atoms with E-state index in [0.717, 1.165) is 0 Å². The van der Waals surface area contributed by atoms with Crippen molar-refractivity contribution in [3.8, 4) is 0 Å². The SMILES string of the molecule is CC(C)CC(O)CC(Br)n1cnc2c(=O)[nH]c(=O)[nH]c21. The third-order valence-electron chi connectivity index (χ3n) is 2.98. The van der Waals surface area contributed by atoms with Gasteiger partial charge in [-0.3, -0.25) is 14.8 Å². The molecular weight excluding hydrogens is 328 g/mol. The molecule has 8 heteroatoms. The van der Waals surface area contributed by atoms with E-state index in [2.05, 4.69) is 30.9 Å². The van der Waals surface area contributed by atoms with Crippen LogP contribution in [0.1, 0.15) is 31.6 Å². The smallest absolute Gasteiger partial charge is 0.327 e. The summed E-state index contributed by atoms with van der Waals surface area (Å²) < 4.78 is 1.63. The summed E-state index contributed by atoms with van der Waals surface area (Å²) >= 11 is 3.45. The first kappa shape index (κ1) is 15.0. The third kappa shape index (κ3) is 3.18. The Balaban J connectivity index is 2.29. The van der Waals surface area contributed by atoms with Crippen LogP contribution in [0.3, 0.4) is 0 Å². The van der Waals surface area contributed by atoms with Gasteiger partial charge in [-0.05, 0) is 12.3 Å². The molecule has 0 aliphatic rings. The van der Waals surface area contributed by atoms with Gasteiger partial charge in [-0.2, -0.15) is 0 Å². The normalized spacial score (nSPS) is 14.8. The monoisotopic (exact) mass is 344 g/mol. The number of aliphatic hydroxyl groups is 1. The Hall–Kier alpha value is -1.41. The number of aromatic nitrogens is 4. The molecule has 0 bridgehead atoms. The largest absolute Gasteiger partial charge is 0.393 e. The minimum atomic E-state index is -0.577. The van der Waals surface area contributed by atoms with Crippen molar-refractivity contribution in [2.24, 2.45) is 5.92 Å². The number of hydrogen-bond donors (Lipinski definition) is 3. The molecule has 0 aliphatic carbocycles. The Labute approximate surface area is 123 Å². The lowest BCUT2D eigenvalue weighted by Crippen LogP contribution is -2.23. The molecule has 0 spiro atoms. The highest BCUT2D eigenvalue weighted by atomic mass is 79.9. The Kier molecular flexibility index (Phi) is 4.44. The fourth-order valence-corrected chi connectivity index (χ4v) is 2.88. The summed E-state index contributed by atoms with van der Waals surface area (Å²) in [6.07, 6.45) is 2.15. The van der Waals surface area contributed by atoms with E-state index in [9.17, 15) is 14.7 Å². The summed E-state index contributed by atoms with van der Waals surface area (Å²) in [6, 6.07) is 0. The number of nitrogens with zero attached hydrogens (tertiary/aromatic N) is 2. The molecule has 2 atom stereocenters. The summed E-state index contributed by atoms with van der Waals surface area (Å²) in [7, 11) is 0. The Bertz CT molecular complexity index is 703. The maximum absolute atomic E-state index is 11.6. The van der Waals surface area contributed by atoms with Gasteiger partial charge in [0.1, 0.15) is 5.65 Å². The number of halogens is 1. The van der Waals surface area contributed by atoms with Gasteiger partial charge in [0.25, 0.3) is 5.56 Å². The molecule has 2 unspecified atom stereocenters. The Morgan fingerprint density at radius 3 is 2.70 bits per heavy atom. The van der Waals surface area contributed by atoms with Crippen LogP contribution in [-0.2, 0) is 0 Å². The highest BCUT2D eigenvalue weighted by molar-refractivity contribution is 9.09. The maximum atomic E-state index is 11.6. The quantitative estimate of drug-likeness (QED) is 0.706. The first-order valence-corrected chi connectivity index (χ1v) is 7.31. The van der Waals surface area contributed by atoms with E-state index in [1.807, 2.05) is 13.8 Å². The minimum Gasteiger partial charge on any atom is -0.393 e. The number of aromatic amines is 2. The zero-order valence-corrected chi connectivity index (χ0v) is 12.8. The second kappa shape index (κ2) is 5.92. The van der Waals surface area contributed by atoms with Crippen LogP contribution in [-0.4, -0.2) is 30.7 Å². The average Bonchev–Trinajstić information content (AvgIpc) is 2.71. The van der Waals surface area contributed by atoms with Crippen LogP contribution in [0.25, 0.3) is 11.2 Å². The molecule has 2 aromatic rings. The first-order valence-electron chi connectivity index (χ1n) is 6.39. The molecule has 0 aromatic carbocycles. The third-order valence-corrected chi connectivity index (χ3v) is 3.79. The molecule has 3 N–H and O–H groups in total. The van der Waals surface area contributed by atoms with Crippen LogP contribution in [0.2, 0.25) is 0 Å². The van der Waals surface area contributed by atoms with Crippen molar-refractivity contribution in [3.05, 3.63) is 27.2 Å². The summed E-state index contributed by atoms with van der Waals surface area (Å²) in [5.74, 6) is 0.395. The van der Waals surface area contributed by atoms with Crippen LogP contribution in [0, 0.1) is 5.92 Å². The summed E-state index contributed by atoms with van der Waals surface area (Å²) in [5, 5.41) is 9.97. The van der Waals surface area contributed by atoms with Crippen LogP contribution >= 0.6 is 15.9 Å². The molecule has 2 heterocycles. The second-order valence-electron chi connectivity index (χ2n) is 5.21. The van der Waals surface area contributed by atoms with Crippen molar-refractivity contribution in [1.82, 2.24) is 19.5 Å². The lowest BCUT2D eigenvalue weighted by Gasteiger charge is -2.18. The Morgan fingerprint density at radius 1 is 1.35 bits per heavy atom. The summed E-state index contributed by atoms with van der Waals surface area (Å²) in [4.78, 5) is 31.3. The van der Waals surface area contributed by atoms with E-state index in [1.165, 1.54) is 6.33 Å². The van der Waals surface area contributed by atoms with Gasteiger partial charge in [-0.1, -0.05) is 29.8 Å². The molecule has 20 heavy (non-hydrogen) atoms. The van der Waals surface area contributed by atoms with E-state index < -0.39 is 17.4 Å². The van der Waals surface area contributed by atoms with Gasteiger partial charge in [0, 0.05) is 6.42 Å². The van der Waals surface area contributed by atoms with Gasteiger partial charge in [0.15, 0.2) is 5.52 Å². The number of hydrogen-bond acceptors (Lipinski definition) is 4. The molecule has 0 radical (unpaired) electrons. The molecule has 2 aromatic heterocycles. The summed E-state index contributed by atoms with van der Waals surface area (Å²) in [6.45, 7) is 4.08.